The fourth-order valence-corrected chi connectivity index (χ4v) is 3.71. The van der Waals surface area contributed by atoms with Crippen LogP contribution >= 0.6 is 11.6 Å². The van der Waals surface area contributed by atoms with Crippen LogP contribution < -0.4 is 0 Å². The lowest BCUT2D eigenvalue weighted by Gasteiger charge is -2.21. The third-order valence-corrected chi connectivity index (χ3v) is 5.13. The molecule has 2 aromatic heterocycles. The van der Waals surface area contributed by atoms with Gasteiger partial charge in [0.2, 0.25) is 0 Å². The molecular weight excluding hydrogens is 400 g/mol. The number of halogens is 1. The van der Waals surface area contributed by atoms with Crippen molar-refractivity contribution in [2.45, 2.75) is 39.4 Å². The van der Waals surface area contributed by atoms with Crippen molar-refractivity contribution in [2.24, 2.45) is 0 Å². The fourth-order valence-electron chi connectivity index (χ4n) is 3.47. The molecule has 0 aliphatic carbocycles. The Morgan fingerprint density at radius 2 is 1.83 bits per heavy atom. The number of hydrogen-bond acceptors (Lipinski definition) is 4. The lowest BCUT2D eigenvalue weighted by Crippen LogP contribution is -2.27. The number of hydrogen-bond donors (Lipinski definition) is 1. The highest BCUT2D eigenvalue weighted by molar-refractivity contribution is 6.32. The van der Waals surface area contributed by atoms with E-state index in [9.17, 15) is 9.90 Å². The highest BCUT2D eigenvalue weighted by atomic mass is 35.5. The molecule has 4 aromatic rings. The van der Waals surface area contributed by atoms with Crippen LogP contribution in [0.1, 0.15) is 39.4 Å². The molecule has 0 saturated heterocycles. The summed E-state index contributed by atoms with van der Waals surface area (Å²) >= 11 is 6.54. The molecule has 0 amide bonds. The van der Waals surface area contributed by atoms with Crippen molar-refractivity contribution in [3.63, 3.8) is 0 Å². The summed E-state index contributed by atoms with van der Waals surface area (Å²) < 4.78 is 7.19. The van der Waals surface area contributed by atoms with Gasteiger partial charge in [-0.05, 0) is 63.6 Å². The molecule has 6 heteroatoms. The molecule has 0 aliphatic rings. The van der Waals surface area contributed by atoms with E-state index >= 15 is 0 Å². The molecule has 30 heavy (non-hydrogen) atoms. The van der Waals surface area contributed by atoms with Crippen molar-refractivity contribution >= 4 is 39.5 Å². The predicted molar refractivity (Wildman–Crippen MR) is 120 cm³/mol. The van der Waals surface area contributed by atoms with Crippen LogP contribution in [0.5, 0.6) is 0 Å². The monoisotopic (exact) mass is 422 g/mol. The van der Waals surface area contributed by atoms with Crippen molar-refractivity contribution in [3.8, 4) is 11.3 Å². The fraction of sp³-hybridized carbons (Fsp3) is 0.250. The van der Waals surface area contributed by atoms with E-state index < -0.39 is 17.8 Å². The van der Waals surface area contributed by atoms with Crippen molar-refractivity contribution in [1.82, 2.24) is 9.55 Å². The van der Waals surface area contributed by atoms with Gasteiger partial charge in [-0.1, -0.05) is 35.9 Å². The van der Waals surface area contributed by atoms with E-state index in [1.807, 2.05) is 69.3 Å². The van der Waals surface area contributed by atoms with Gasteiger partial charge in [-0.3, -0.25) is 0 Å². The maximum Gasteiger partial charge on any atom is 0.419 e. The molecule has 1 N–H and O–H groups in total. The molecule has 154 valence electrons. The maximum atomic E-state index is 13.2. The topological polar surface area (TPSA) is 64.4 Å². The number of ether oxygens (including phenoxy) is 1. The first-order valence-corrected chi connectivity index (χ1v) is 10.1. The summed E-state index contributed by atoms with van der Waals surface area (Å²) in [6.45, 7) is 7.18. The number of aromatic nitrogens is 2. The van der Waals surface area contributed by atoms with Crippen LogP contribution in [0, 0.1) is 0 Å². The lowest BCUT2D eigenvalue weighted by molar-refractivity contribution is 0.0547. The first kappa shape index (κ1) is 20.4. The Bertz CT molecular complexity index is 1270. The summed E-state index contributed by atoms with van der Waals surface area (Å²) in [7, 11) is 0. The van der Waals surface area contributed by atoms with E-state index in [-0.39, 0.29) is 0 Å². The molecule has 1 atom stereocenters. The van der Waals surface area contributed by atoms with Gasteiger partial charge in [0.15, 0.2) is 0 Å². The van der Waals surface area contributed by atoms with Gasteiger partial charge in [-0.15, -0.1) is 0 Å². The van der Waals surface area contributed by atoms with Gasteiger partial charge in [0.1, 0.15) is 10.8 Å². The minimum atomic E-state index is -0.657. The van der Waals surface area contributed by atoms with Gasteiger partial charge < -0.3 is 9.84 Å². The van der Waals surface area contributed by atoms with Crippen molar-refractivity contribution < 1.29 is 14.6 Å². The normalized spacial score (nSPS) is 13.0. The number of carbonyl (C=O) groups excluding carboxylic acids is 1. The van der Waals surface area contributed by atoms with E-state index in [1.165, 1.54) is 4.57 Å². The van der Waals surface area contributed by atoms with Gasteiger partial charge in [0, 0.05) is 16.3 Å². The van der Waals surface area contributed by atoms with Crippen molar-refractivity contribution in [1.29, 1.82) is 0 Å². The van der Waals surface area contributed by atoms with Crippen molar-refractivity contribution in [3.05, 3.63) is 65.3 Å². The number of carbonyl (C=O) groups is 1. The van der Waals surface area contributed by atoms with Gasteiger partial charge in [-0.2, -0.15) is 0 Å². The minimum absolute atomic E-state index is 0.303. The van der Waals surface area contributed by atoms with Crippen LogP contribution in [-0.4, -0.2) is 26.4 Å². The van der Waals surface area contributed by atoms with Crippen LogP contribution in [0.2, 0.25) is 5.15 Å². The molecule has 4 rings (SSSR count). The van der Waals surface area contributed by atoms with Crippen LogP contribution in [0.3, 0.4) is 0 Å². The molecule has 2 heterocycles. The predicted octanol–water partition coefficient (Wildman–Crippen LogP) is 6.35. The minimum Gasteiger partial charge on any atom is -0.443 e. The Hall–Kier alpha value is -2.89. The molecule has 0 radical (unpaired) electrons. The number of pyridine rings is 1. The summed E-state index contributed by atoms with van der Waals surface area (Å²) in [5.41, 5.74) is 2.78. The standard InChI is InChI=1S/C24H23ClN2O3/c1-14(28)15-9-10-20-17(11-15)13-21(27(20)23(29)30-24(2,3)4)18-12-16-7-5-6-8-19(16)26-22(18)25/h5-14,28H,1-4H3. The summed E-state index contributed by atoms with van der Waals surface area (Å²) in [4.78, 5) is 17.7. The number of fused-ring (bicyclic) bond motifs is 2. The van der Waals surface area contributed by atoms with Crippen molar-refractivity contribution in [2.75, 3.05) is 0 Å². The summed E-state index contributed by atoms with van der Waals surface area (Å²) in [5.74, 6) is 0. The molecule has 0 spiro atoms. The average Bonchev–Trinajstić information content (AvgIpc) is 3.04. The second kappa shape index (κ2) is 7.42. The zero-order valence-corrected chi connectivity index (χ0v) is 18.1. The van der Waals surface area contributed by atoms with Gasteiger partial charge in [0.25, 0.3) is 0 Å². The third kappa shape index (κ3) is 3.78. The molecule has 0 aliphatic heterocycles. The Morgan fingerprint density at radius 3 is 2.53 bits per heavy atom. The zero-order chi connectivity index (χ0) is 21.6. The SMILES string of the molecule is CC(O)c1ccc2c(c1)cc(-c1cc3ccccc3nc1Cl)n2C(=O)OC(C)(C)C. The smallest absolute Gasteiger partial charge is 0.419 e. The number of para-hydroxylation sites is 1. The first-order chi connectivity index (χ1) is 14.1. The second-order valence-electron chi connectivity index (χ2n) is 8.36. The Kier molecular flexibility index (Phi) is 5.04. The van der Waals surface area contributed by atoms with Crippen LogP contribution in [0.15, 0.2) is 54.6 Å². The highest BCUT2D eigenvalue weighted by Gasteiger charge is 2.24. The van der Waals surface area contributed by atoms with E-state index in [4.69, 9.17) is 16.3 Å². The number of rotatable bonds is 2. The molecule has 1 unspecified atom stereocenters. The summed E-state index contributed by atoms with van der Waals surface area (Å²) in [5, 5.41) is 12.0. The number of nitrogens with zero attached hydrogens (tertiary/aromatic N) is 2. The Balaban J connectivity index is 1.99. The number of benzene rings is 2. The van der Waals surface area contributed by atoms with Gasteiger partial charge in [0.05, 0.1) is 22.8 Å². The van der Waals surface area contributed by atoms with Crippen LogP contribution in [0.4, 0.5) is 4.79 Å². The van der Waals surface area contributed by atoms with Crippen LogP contribution in [-0.2, 0) is 4.74 Å². The van der Waals surface area contributed by atoms with E-state index in [0.29, 0.717) is 21.9 Å². The Morgan fingerprint density at radius 1 is 1.10 bits per heavy atom. The average molecular weight is 423 g/mol. The van der Waals surface area contributed by atoms with E-state index in [0.717, 1.165) is 21.9 Å². The number of aliphatic hydroxyl groups is 1. The highest BCUT2D eigenvalue weighted by Crippen LogP contribution is 2.35. The molecular formula is C24H23ClN2O3. The molecule has 0 bridgehead atoms. The molecule has 5 nitrogen and oxygen atoms in total. The van der Waals surface area contributed by atoms with Gasteiger partial charge >= 0.3 is 6.09 Å². The van der Waals surface area contributed by atoms with E-state index in [2.05, 4.69) is 4.98 Å². The Labute approximate surface area is 179 Å². The maximum absolute atomic E-state index is 13.2. The summed E-state index contributed by atoms with van der Waals surface area (Å²) in [6, 6.07) is 17.0. The quantitative estimate of drug-likeness (QED) is 0.382. The largest absolute Gasteiger partial charge is 0.443 e. The van der Waals surface area contributed by atoms with E-state index in [1.54, 1.807) is 13.0 Å². The lowest BCUT2D eigenvalue weighted by atomic mass is 10.1. The third-order valence-electron chi connectivity index (χ3n) is 4.84. The first-order valence-electron chi connectivity index (χ1n) is 9.76. The molecule has 0 saturated carbocycles. The van der Waals surface area contributed by atoms with Crippen LogP contribution in [0.25, 0.3) is 33.1 Å². The molecule has 2 aromatic carbocycles. The molecule has 0 fully saturated rings. The van der Waals surface area contributed by atoms with Gasteiger partial charge in [-0.25, -0.2) is 14.3 Å². The zero-order valence-electron chi connectivity index (χ0n) is 17.3. The second-order valence-corrected chi connectivity index (χ2v) is 8.72. The summed E-state index contributed by atoms with van der Waals surface area (Å²) in [6.07, 6.45) is -1.12. The number of aliphatic hydroxyl groups excluding tert-OH is 1.